The van der Waals surface area contributed by atoms with Crippen molar-refractivity contribution in [1.82, 2.24) is 19.0 Å². The number of carbonyl (C=O) groups is 1. The Bertz CT molecular complexity index is 1300. The Morgan fingerprint density at radius 3 is 2.32 bits per heavy atom. The van der Waals surface area contributed by atoms with E-state index in [-0.39, 0.29) is 16.1 Å². The molecule has 0 unspecified atom stereocenters. The minimum absolute atomic E-state index is 0.0657. The van der Waals surface area contributed by atoms with Crippen molar-refractivity contribution >= 4 is 38.2 Å². The Morgan fingerprint density at radius 1 is 1.00 bits per heavy atom. The first-order valence-electron chi connectivity index (χ1n) is 8.59. The second-order valence-electron chi connectivity index (χ2n) is 7.25. The highest BCUT2D eigenvalue weighted by Crippen LogP contribution is 2.31. The lowest BCUT2D eigenvalue weighted by Crippen LogP contribution is -2.27. The Hall–Kier alpha value is -3.20. The number of rotatable bonds is 2. The molecule has 4 rings (SSSR count). The number of ether oxygens (including phenoxy) is 1. The lowest BCUT2D eigenvalue weighted by molar-refractivity contribution is 0.0519. The van der Waals surface area contributed by atoms with E-state index in [0.717, 1.165) is 8.65 Å². The molecule has 8 nitrogen and oxygen atoms in total. The lowest BCUT2D eigenvalue weighted by atomic mass is 10.2. The van der Waals surface area contributed by atoms with Gasteiger partial charge in [0.15, 0.2) is 5.65 Å². The van der Waals surface area contributed by atoms with Gasteiger partial charge in [0, 0.05) is 5.39 Å². The zero-order valence-electron chi connectivity index (χ0n) is 15.5. The van der Waals surface area contributed by atoms with E-state index in [0.29, 0.717) is 10.9 Å². The lowest BCUT2D eigenvalue weighted by Gasteiger charge is -2.18. The molecular formula is C19H18N4O4S. The fourth-order valence-corrected chi connectivity index (χ4v) is 4.47. The molecule has 0 aliphatic heterocycles. The third-order valence-electron chi connectivity index (χ3n) is 4.07. The Balaban J connectivity index is 2.02. The molecule has 2 aromatic carbocycles. The molecule has 0 atom stereocenters. The summed E-state index contributed by atoms with van der Waals surface area (Å²) in [6, 6.07) is 14.9. The number of hydrogen-bond acceptors (Lipinski definition) is 6. The number of nitrogens with zero attached hydrogens (tertiary/aromatic N) is 4. The Kier molecular flexibility index (Phi) is 4.00. The summed E-state index contributed by atoms with van der Waals surface area (Å²) >= 11 is 0. The molecule has 0 aliphatic rings. The SMILES string of the molecule is CC(C)(C)OC(=O)n1nnc2c1c1ccccc1n2S(=O)(=O)c1ccccc1. The van der Waals surface area contributed by atoms with Gasteiger partial charge in [0.25, 0.3) is 10.0 Å². The van der Waals surface area contributed by atoms with Crippen LogP contribution in [0.15, 0.2) is 59.5 Å². The van der Waals surface area contributed by atoms with Gasteiger partial charge in [0.2, 0.25) is 0 Å². The van der Waals surface area contributed by atoms with Gasteiger partial charge >= 0.3 is 6.09 Å². The summed E-state index contributed by atoms with van der Waals surface area (Å²) in [6.45, 7) is 5.21. The molecular weight excluding hydrogens is 380 g/mol. The Labute approximate surface area is 161 Å². The summed E-state index contributed by atoms with van der Waals surface area (Å²) in [4.78, 5) is 12.7. The second-order valence-corrected chi connectivity index (χ2v) is 9.04. The standard InChI is InChI=1S/C19H18N4O4S/c1-19(2,3)27-18(24)22-16-14-11-7-8-12-15(14)23(17(16)20-21-22)28(25,26)13-9-5-4-6-10-13/h4-12H,1-3H3. The van der Waals surface area contributed by atoms with Crippen LogP contribution < -0.4 is 0 Å². The maximum absolute atomic E-state index is 13.3. The zero-order valence-corrected chi connectivity index (χ0v) is 16.3. The summed E-state index contributed by atoms with van der Waals surface area (Å²) in [6.07, 6.45) is -0.727. The summed E-state index contributed by atoms with van der Waals surface area (Å²) in [7, 11) is -3.95. The van der Waals surface area contributed by atoms with Crippen LogP contribution in [0.5, 0.6) is 0 Å². The highest BCUT2D eigenvalue weighted by molar-refractivity contribution is 7.90. The number of hydrogen-bond donors (Lipinski definition) is 0. The third kappa shape index (κ3) is 2.84. The number of fused-ring (bicyclic) bond motifs is 3. The Morgan fingerprint density at radius 2 is 1.64 bits per heavy atom. The molecule has 4 aromatic rings. The molecule has 28 heavy (non-hydrogen) atoms. The van der Waals surface area contributed by atoms with Gasteiger partial charge in [-0.05, 0) is 39.0 Å². The molecule has 0 radical (unpaired) electrons. The van der Waals surface area contributed by atoms with Crippen LogP contribution in [-0.4, -0.2) is 39.1 Å². The number of carbonyl (C=O) groups excluding carboxylic acids is 1. The molecule has 0 saturated heterocycles. The first-order chi connectivity index (χ1) is 13.2. The van der Waals surface area contributed by atoms with Crippen molar-refractivity contribution in [3.05, 3.63) is 54.6 Å². The van der Waals surface area contributed by atoms with E-state index in [1.165, 1.54) is 12.1 Å². The second kappa shape index (κ2) is 6.16. The van der Waals surface area contributed by atoms with Crippen molar-refractivity contribution in [3.63, 3.8) is 0 Å². The first-order valence-corrected chi connectivity index (χ1v) is 10.0. The van der Waals surface area contributed by atoms with Crippen LogP contribution in [0.1, 0.15) is 20.8 Å². The molecule has 2 aromatic heterocycles. The molecule has 144 valence electrons. The predicted molar refractivity (Wildman–Crippen MR) is 104 cm³/mol. The van der Waals surface area contributed by atoms with E-state index in [4.69, 9.17) is 4.74 Å². The topological polar surface area (TPSA) is 96.1 Å². The summed E-state index contributed by atoms with van der Waals surface area (Å²) in [5, 5.41) is 8.39. The molecule has 0 saturated carbocycles. The zero-order chi connectivity index (χ0) is 20.1. The van der Waals surface area contributed by atoms with Crippen molar-refractivity contribution in [2.24, 2.45) is 0 Å². The van der Waals surface area contributed by atoms with E-state index in [1.807, 2.05) is 0 Å². The average molecular weight is 398 g/mol. The highest BCUT2D eigenvalue weighted by Gasteiger charge is 2.29. The normalized spacial score (nSPS) is 12.5. The van der Waals surface area contributed by atoms with E-state index in [1.54, 1.807) is 63.2 Å². The van der Waals surface area contributed by atoms with Crippen LogP contribution >= 0.6 is 0 Å². The highest BCUT2D eigenvalue weighted by atomic mass is 32.2. The molecule has 0 fully saturated rings. The van der Waals surface area contributed by atoms with E-state index in [2.05, 4.69) is 10.3 Å². The maximum Gasteiger partial charge on any atom is 0.437 e. The molecule has 0 N–H and O–H groups in total. The monoisotopic (exact) mass is 398 g/mol. The van der Waals surface area contributed by atoms with E-state index < -0.39 is 21.7 Å². The fraction of sp³-hybridized carbons (Fsp3) is 0.211. The summed E-state index contributed by atoms with van der Waals surface area (Å²) in [5.74, 6) is 0. The van der Waals surface area contributed by atoms with E-state index >= 15 is 0 Å². The van der Waals surface area contributed by atoms with Gasteiger partial charge < -0.3 is 4.74 Å². The smallest absolute Gasteiger partial charge is 0.437 e. The van der Waals surface area contributed by atoms with Gasteiger partial charge in [-0.1, -0.05) is 41.6 Å². The largest absolute Gasteiger partial charge is 0.442 e. The first kappa shape index (κ1) is 18.2. The summed E-state index contributed by atoms with van der Waals surface area (Å²) < 4.78 is 34.1. The van der Waals surface area contributed by atoms with Gasteiger partial charge in [-0.25, -0.2) is 17.2 Å². The number of para-hydroxylation sites is 1. The van der Waals surface area contributed by atoms with Crippen LogP contribution in [0.3, 0.4) is 0 Å². The van der Waals surface area contributed by atoms with Crippen molar-refractivity contribution in [2.45, 2.75) is 31.3 Å². The molecule has 2 heterocycles. The van der Waals surface area contributed by atoms with Gasteiger partial charge in [-0.2, -0.15) is 0 Å². The van der Waals surface area contributed by atoms with Gasteiger partial charge in [0.05, 0.1) is 10.4 Å². The number of benzene rings is 2. The predicted octanol–water partition coefficient (Wildman–Crippen LogP) is 3.41. The third-order valence-corrected chi connectivity index (χ3v) is 5.79. The quantitative estimate of drug-likeness (QED) is 0.513. The molecule has 0 aliphatic carbocycles. The fourth-order valence-electron chi connectivity index (χ4n) is 2.98. The number of aromatic nitrogens is 4. The van der Waals surface area contributed by atoms with Gasteiger partial charge in [-0.15, -0.1) is 9.78 Å². The minimum atomic E-state index is -3.95. The van der Waals surface area contributed by atoms with Crippen molar-refractivity contribution in [3.8, 4) is 0 Å². The molecule has 0 amide bonds. The van der Waals surface area contributed by atoms with Crippen LogP contribution in [-0.2, 0) is 14.8 Å². The van der Waals surface area contributed by atoms with Crippen LogP contribution in [0.4, 0.5) is 4.79 Å². The minimum Gasteiger partial charge on any atom is -0.442 e. The average Bonchev–Trinajstić information content (AvgIpc) is 3.19. The van der Waals surface area contributed by atoms with Crippen LogP contribution in [0.25, 0.3) is 22.1 Å². The van der Waals surface area contributed by atoms with Crippen molar-refractivity contribution < 1.29 is 17.9 Å². The molecule has 0 bridgehead atoms. The van der Waals surface area contributed by atoms with Gasteiger partial charge in [0.1, 0.15) is 11.1 Å². The maximum atomic E-state index is 13.3. The van der Waals surface area contributed by atoms with Crippen molar-refractivity contribution in [2.75, 3.05) is 0 Å². The molecule has 0 spiro atoms. The molecule has 9 heteroatoms. The summed E-state index contributed by atoms with van der Waals surface area (Å²) in [5.41, 5.74) is 0.0212. The van der Waals surface area contributed by atoms with Gasteiger partial charge in [-0.3, -0.25) is 0 Å². The van der Waals surface area contributed by atoms with Crippen LogP contribution in [0.2, 0.25) is 0 Å². The van der Waals surface area contributed by atoms with Crippen molar-refractivity contribution in [1.29, 1.82) is 0 Å². The van der Waals surface area contributed by atoms with Crippen LogP contribution in [0, 0.1) is 0 Å². The van der Waals surface area contributed by atoms with E-state index in [9.17, 15) is 13.2 Å².